The monoisotopic (exact) mass is 285 g/mol. The molecule has 2 N–H and O–H groups in total. The molecule has 2 heteroatoms. The third kappa shape index (κ3) is 3.31. The molecule has 1 nitrogen and oxygen atoms in total. The lowest BCUT2D eigenvalue weighted by atomic mass is 9.72. The first-order valence-electron chi connectivity index (χ1n) is 7.60. The van der Waals surface area contributed by atoms with Gasteiger partial charge in [0.15, 0.2) is 0 Å². The van der Waals surface area contributed by atoms with Crippen LogP contribution in [0.2, 0.25) is 0 Å². The summed E-state index contributed by atoms with van der Waals surface area (Å²) in [4.78, 5) is 0. The van der Waals surface area contributed by atoms with Crippen LogP contribution in [-0.4, -0.2) is 5.54 Å². The minimum absolute atomic E-state index is 0.0627. The van der Waals surface area contributed by atoms with Crippen molar-refractivity contribution in [2.75, 3.05) is 0 Å². The second kappa shape index (κ2) is 6.11. The zero-order chi connectivity index (χ0) is 13.8. The summed E-state index contributed by atoms with van der Waals surface area (Å²) in [7, 11) is 0. The van der Waals surface area contributed by atoms with Gasteiger partial charge in [-0.15, -0.1) is 0 Å². The second-order valence-electron chi connectivity index (χ2n) is 6.18. The summed E-state index contributed by atoms with van der Waals surface area (Å²) in [6.07, 6.45) is 7.07. The molecule has 0 saturated heterocycles. The van der Waals surface area contributed by atoms with Crippen LogP contribution in [0.1, 0.15) is 49.1 Å². The fourth-order valence-corrected chi connectivity index (χ4v) is 4.03. The van der Waals surface area contributed by atoms with Crippen molar-refractivity contribution in [2.24, 2.45) is 5.73 Å². The first-order chi connectivity index (χ1) is 9.75. The van der Waals surface area contributed by atoms with Crippen molar-refractivity contribution in [3.8, 4) is 0 Å². The largest absolute Gasteiger partial charge is 0.325 e. The number of aryl methyl sites for hydroxylation is 1. The summed E-state index contributed by atoms with van der Waals surface area (Å²) in [5.41, 5.74) is 9.62. The van der Waals surface area contributed by atoms with Crippen LogP contribution < -0.4 is 5.73 Å². The first kappa shape index (κ1) is 13.8. The molecular formula is C18H23NS. The Morgan fingerprint density at radius 1 is 1.10 bits per heavy atom. The summed E-state index contributed by atoms with van der Waals surface area (Å²) < 4.78 is 0. The van der Waals surface area contributed by atoms with Crippen molar-refractivity contribution in [1.29, 1.82) is 0 Å². The van der Waals surface area contributed by atoms with Gasteiger partial charge in [0.2, 0.25) is 0 Å². The Kier molecular flexibility index (Phi) is 4.23. The van der Waals surface area contributed by atoms with Gasteiger partial charge in [0, 0.05) is 5.54 Å². The van der Waals surface area contributed by atoms with Crippen molar-refractivity contribution >= 4 is 11.3 Å². The highest BCUT2D eigenvalue weighted by Gasteiger charge is 2.31. The highest BCUT2D eigenvalue weighted by atomic mass is 32.1. The summed E-state index contributed by atoms with van der Waals surface area (Å²) in [5, 5.41) is 4.41. The van der Waals surface area contributed by atoms with E-state index < -0.39 is 0 Å². The molecule has 0 spiro atoms. The summed E-state index contributed by atoms with van der Waals surface area (Å²) in [6, 6.07) is 13.1. The molecule has 1 aliphatic rings. The molecule has 0 aliphatic heterocycles. The van der Waals surface area contributed by atoms with Gasteiger partial charge in [0.05, 0.1) is 0 Å². The van der Waals surface area contributed by atoms with E-state index in [9.17, 15) is 0 Å². The second-order valence-corrected chi connectivity index (χ2v) is 6.96. The highest BCUT2D eigenvalue weighted by Crippen LogP contribution is 2.38. The highest BCUT2D eigenvalue weighted by molar-refractivity contribution is 7.07. The number of rotatable bonds is 4. The Labute approximate surface area is 125 Å². The molecule has 106 valence electrons. The molecule has 0 atom stereocenters. The molecule has 0 amide bonds. The van der Waals surface area contributed by atoms with Gasteiger partial charge in [-0.25, -0.2) is 0 Å². The maximum atomic E-state index is 6.62. The SMILES string of the molecule is NC1(CCc2ccsc2)CCC(c2ccccc2)CC1. The quantitative estimate of drug-likeness (QED) is 0.863. The maximum Gasteiger partial charge on any atom is 0.0158 e. The molecule has 20 heavy (non-hydrogen) atoms. The van der Waals surface area contributed by atoms with Crippen LogP contribution in [0.15, 0.2) is 47.2 Å². The van der Waals surface area contributed by atoms with Crippen LogP contribution in [0.4, 0.5) is 0 Å². The Morgan fingerprint density at radius 3 is 2.50 bits per heavy atom. The smallest absolute Gasteiger partial charge is 0.0158 e. The molecule has 1 aromatic carbocycles. The van der Waals surface area contributed by atoms with Crippen molar-refractivity contribution in [3.63, 3.8) is 0 Å². The van der Waals surface area contributed by atoms with Gasteiger partial charge in [0.25, 0.3) is 0 Å². The Morgan fingerprint density at radius 2 is 1.85 bits per heavy atom. The van der Waals surface area contributed by atoms with Gasteiger partial charge in [-0.05, 0) is 72.4 Å². The van der Waals surface area contributed by atoms with Gasteiger partial charge >= 0.3 is 0 Å². The molecule has 2 aromatic rings. The van der Waals surface area contributed by atoms with Crippen LogP contribution in [0, 0.1) is 0 Å². The van der Waals surface area contributed by atoms with Crippen molar-refractivity contribution in [3.05, 3.63) is 58.3 Å². The fraction of sp³-hybridized carbons (Fsp3) is 0.444. The van der Waals surface area contributed by atoms with Gasteiger partial charge in [-0.1, -0.05) is 30.3 Å². The average molecular weight is 285 g/mol. The molecule has 1 aliphatic carbocycles. The standard InChI is InChI=1S/C18H23NS/c19-18(10-6-15-9-13-20-14-15)11-7-17(8-12-18)16-4-2-1-3-5-16/h1-5,9,13-14,17H,6-8,10-12,19H2. The number of thiophene rings is 1. The third-order valence-corrected chi connectivity index (χ3v) is 5.48. The van der Waals surface area contributed by atoms with Crippen molar-refractivity contribution < 1.29 is 0 Å². The molecule has 3 rings (SSSR count). The number of benzene rings is 1. The van der Waals surface area contributed by atoms with Crippen LogP contribution in [-0.2, 0) is 6.42 Å². The fourth-order valence-electron chi connectivity index (χ4n) is 3.33. The minimum Gasteiger partial charge on any atom is -0.325 e. The summed E-state index contributed by atoms with van der Waals surface area (Å²) in [5.74, 6) is 0.717. The van der Waals surface area contributed by atoms with E-state index in [4.69, 9.17) is 5.73 Å². The van der Waals surface area contributed by atoms with Gasteiger partial charge in [0.1, 0.15) is 0 Å². The van der Waals surface area contributed by atoms with E-state index in [2.05, 4.69) is 47.2 Å². The lowest BCUT2D eigenvalue weighted by Gasteiger charge is -2.37. The van der Waals surface area contributed by atoms with Gasteiger partial charge in [-0.2, -0.15) is 11.3 Å². The van der Waals surface area contributed by atoms with Crippen LogP contribution in [0.5, 0.6) is 0 Å². The Balaban J connectivity index is 1.54. The van der Waals surface area contributed by atoms with Crippen molar-refractivity contribution in [2.45, 2.75) is 50.0 Å². The predicted molar refractivity (Wildman–Crippen MR) is 87.2 cm³/mol. The number of nitrogens with two attached hydrogens (primary N) is 1. The third-order valence-electron chi connectivity index (χ3n) is 4.74. The summed E-state index contributed by atoms with van der Waals surface area (Å²) in [6.45, 7) is 0. The van der Waals surface area contributed by atoms with E-state index in [-0.39, 0.29) is 5.54 Å². The number of hydrogen-bond donors (Lipinski definition) is 1. The molecule has 1 saturated carbocycles. The zero-order valence-electron chi connectivity index (χ0n) is 11.9. The Hall–Kier alpha value is -1.12. The average Bonchev–Trinajstić information content (AvgIpc) is 3.01. The molecule has 0 radical (unpaired) electrons. The van der Waals surface area contributed by atoms with E-state index in [1.807, 2.05) is 0 Å². The van der Waals surface area contributed by atoms with Gasteiger partial charge in [-0.3, -0.25) is 0 Å². The summed E-state index contributed by atoms with van der Waals surface area (Å²) >= 11 is 1.78. The van der Waals surface area contributed by atoms with Crippen LogP contribution in [0.25, 0.3) is 0 Å². The normalized spacial score (nSPS) is 26.6. The van der Waals surface area contributed by atoms with Crippen molar-refractivity contribution in [1.82, 2.24) is 0 Å². The van der Waals surface area contributed by atoms with Crippen LogP contribution >= 0.6 is 11.3 Å². The number of hydrogen-bond acceptors (Lipinski definition) is 2. The molecule has 0 unspecified atom stereocenters. The topological polar surface area (TPSA) is 26.0 Å². The van der Waals surface area contributed by atoms with E-state index in [0.29, 0.717) is 5.92 Å². The molecule has 1 fully saturated rings. The van der Waals surface area contributed by atoms with E-state index in [1.165, 1.54) is 24.0 Å². The van der Waals surface area contributed by atoms with E-state index in [1.54, 1.807) is 11.3 Å². The minimum atomic E-state index is 0.0627. The molecular weight excluding hydrogens is 262 g/mol. The van der Waals surface area contributed by atoms with E-state index >= 15 is 0 Å². The first-order valence-corrected chi connectivity index (χ1v) is 8.54. The van der Waals surface area contributed by atoms with E-state index in [0.717, 1.165) is 25.7 Å². The Bertz CT molecular complexity index is 510. The van der Waals surface area contributed by atoms with Gasteiger partial charge < -0.3 is 5.73 Å². The predicted octanol–water partition coefficient (Wildman–Crippen LogP) is 4.74. The van der Waals surface area contributed by atoms with Crippen LogP contribution in [0.3, 0.4) is 0 Å². The molecule has 1 heterocycles. The molecule has 0 bridgehead atoms. The maximum absolute atomic E-state index is 6.62. The lowest BCUT2D eigenvalue weighted by molar-refractivity contribution is 0.257. The zero-order valence-corrected chi connectivity index (χ0v) is 12.7. The lowest BCUT2D eigenvalue weighted by Crippen LogP contribution is -2.43. The molecule has 1 aromatic heterocycles.